The second-order valence-electron chi connectivity index (χ2n) is 8.80. The van der Waals surface area contributed by atoms with Crippen molar-refractivity contribution in [1.29, 1.82) is 0 Å². The van der Waals surface area contributed by atoms with E-state index in [1.165, 1.54) is 17.7 Å². The fraction of sp³-hybridized carbons (Fsp3) is 0.308. The van der Waals surface area contributed by atoms with Crippen molar-refractivity contribution in [1.82, 2.24) is 20.4 Å². The predicted octanol–water partition coefficient (Wildman–Crippen LogP) is 3.52. The molecule has 1 aromatic heterocycles. The molecule has 2 aliphatic rings. The van der Waals surface area contributed by atoms with Gasteiger partial charge >= 0.3 is 0 Å². The Morgan fingerprint density at radius 2 is 1.74 bits per heavy atom. The SMILES string of the molecule is O=C(c1cccc(F)c1)N1CCC(c2ccc(N(C(=O)C3CNC3)c3ccnnc3)cc2)CC1. The number of carbonyl (C=O) groups is 2. The van der Waals surface area contributed by atoms with Crippen LogP contribution in [0.5, 0.6) is 0 Å². The molecular formula is C26H26FN5O2. The minimum absolute atomic E-state index is 0.0451. The minimum Gasteiger partial charge on any atom is -0.339 e. The van der Waals surface area contributed by atoms with Crippen LogP contribution < -0.4 is 10.2 Å². The van der Waals surface area contributed by atoms with E-state index in [2.05, 4.69) is 27.6 Å². The molecule has 3 heterocycles. The number of nitrogens with one attached hydrogen (secondary N) is 1. The van der Waals surface area contributed by atoms with E-state index in [-0.39, 0.29) is 17.7 Å². The number of anilines is 2. The molecule has 0 unspecified atom stereocenters. The summed E-state index contributed by atoms with van der Waals surface area (Å²) in [4.78, 5) is 29.3. The van der Waals surface area contributed by atoms with Gasteiger partial charge in [-0.3, -0.25) is 14.5 Å². The highest BCUT2D eigenvalue weighted by molar-refractivity contribution is 6.02. The monoisotopic (exact) mass is 459 g/mol. The molecule has 2 fully saturated rings. The third-order valence-corrected chi connectivity index (χ3v) is 6.65. The summed E-state index contributed by atoms with van der Waals surface area (Å²) in [5, 5.41) is 10.9. The molecular weight excluding hydrogens is 433 g/mol. The standard InChI is InChI=1S/C26H26FN5O2/c27-22-3-1-2-20(14-22)25(33)31-12-9-19(10-13-31)18-4-6-23(7-5-18)32(24-8-11-29-30-17-24)26(34)21-15-28-16-21/h1-8,11,14,17,19,21,28H,9-10,12-13,15-16H2. The average Bonchev–Trinajstić information content (AvgIpc) is 2.84. The van der Waals surface area contributed by atoms with Crippen LogP contribution >= 0.6 is 0 Å². The molecule has 34 heavy (non-hydrogen) atoms. The highest BCUT2D eigenvalue weighted by Gasteiger charge is 2.31. The Morgan fingerprint density at radius 1 is 0.971 bits per heavy atom. The number of likely N-dealkylation sites (tertiary alicyclic amines) is 1. The Bertz CT molecular complexity index is 1160. The smallest absolute Gasteiger partial charge is 0.253 e. The maximum Gasteiger partial charge on any atom is 0.253 e. The lowest BCUT2D eigenvalue weighted by Crippen LogP contribution is -2.51. The van der Waals surface area contributed by atoms with Crippen molar-refractivity contribution in [3.63, 3.8) is 0 Å². The van der Waals surface area contributed by atoms with Crippen molar-refractivity contribution in [2.45, 2.75) is 18.8 Å². The molecule has 2 saturated heterocycles. The van der Waals surface area contributed by atoms with E-state index in [4.69, 9.17) is 0 Å². The molecule has 2 aromatic carbocycles. The van der Waals surface area contributed by atoms with E-state index < -0.39 is 5.82 Å². The van der Waals surface area contributed by atoms with Gasteiger partial charge in [0.1, 0.15) is 5.82 Å². The Balaban J connectivity index is 1.27. The zero-order chi connectivity index (χ0) is 23.5. The average molecular weight is 460 g/mol. The van der Waals surface area contributed by atoms with E-state index in [0.29, 0.717) is 43.3 Å². The molecule has 0 saturated carbocycles. The van der Waals surface area contributed by atoms with E-state index in [9.17, 15) is 14.0 Å². The summed E-state index contributed by atoms with van der Waals surface area (Å²) in [6.07, 6.45) is 4.86. The van der Waals surface area contributed by atoms with Crippen molar-refractivity contribution in [2.24, 2.45) is 5.92 Å². The first-order chi connectivity index (χ1) is 16.6. The summed E-state index contributed by atoms with van der Waals surface area (Å²) in [6.45, 7) is 2.62. The number of carbonyl (C=O) groups excluding carboxylic acids is 2. The van der Waals surface area contributed by atoms with Crippen LogP contribution in [0.4, 0.5) is 15.8 Å². The second kappa shape index (κ2) is 9.69. The zero-order valence-electron chi connectivity index (χ0n) is 18.7. The number of aromatic nitrogens is 2. The van der Waals surface area contributed by atoms with Crippen LogP contribution in [0, 0.1) is 11.7 Å². The van der Waals surface area contributed by atoms with Crippen LogP contribution in [0.15, 0.2) is 67.0 Å². The van der Waals surface area contributed by atoms with Gasteiger partial charge in [0.25, 0.3) is 5.91 Å². The van der Waals surface area contributed by atoms with Gasteiger partial charge in [0.15, 0.2) is 0 Å². The normalized spacial score (nSPS) is 16.7. The lowest BCUT2D eigenvalue weighted by Gasteiger charge is -2.33. The molecule has 5 rings (SSSR count). The van der Waals surface area contributed by atoms with Crippen LogP contribution in [0.3, 0.4) is 0 Å². The Kier molecular flexibility index (Phi) is 6.31. The molecule has 174 valence electrons. The number of benzene rings is 2. The lowest BCUT2D eigenvalue weighted by atomic mass is 9.89. The topological polar surface area (TPSA) is 78.4 Å². The van der Waals surface area contributed by atoms with Crippen molar-refractivity contribution >= 4 is 23.2 Å². The van der Waals surface area contributed by atoms with Crippen LogP contribution in [0.25, 0.3) is 0 Å². The molecule has 0 atom stereocenters. The van der Waals surface area contributed by atoms with E-state index >= 15 is 0 Å². The van der Waals surface area contributed by atoms with E-state index in [1.54, 1.807) is 40.4 Å². The van der Waals surface area contributed by atoms with Gasteiger partial charge in [-0.1, -0.05) is 18.2 Å². The predicted molar refractivity (Wildman–Crippen MR) is 126 cm³/mol. The van der Waals surface area contributed by atoms with Gasteiger partial charge in [0, 0.05) is 37.4 Å². The van der Waals surface area contributed by atoms with Crippen molar-refractivity contribution in [2.75, 3.05) is 31.1 Å². The van der Waals surface area contributed by atoms with Gasteiger partial charge < -0.3 is 10.2 Å². The van der Waals surface area contributed by atoms with Crippen molar-refractivity contribution in [3.05, 3.63) is 83.9 Å². The number of hydrogen-bond donors (Lipinski definition) is 1. The summed E-state index contributed by atoms with van der Waals surface area (Å²) in [5.74, 6) is -0.201. The maximum atomic E-state index is 13.5. The van der Waals surface area contributed by atoms with Gasteiger partial charge in [0.2, 0.25) is 5.91 Å². The molecule has 0 radical (unpaired) electrons. The number of nitrogens with zero attached hydrogens (tertiary/aromatic N) is 4. The number of halogens is 1. The second-order valence-corrected chi connectivity index (χ2v) is 8.80. The summed E-state index contributed by atoms with van der Waals surface area (Å²) in [7, 11) is 0. The van der Waals surface area contributed by atoms with Gasteiger partial charge in [0.05, 0.1) is 24.0 Å². The summed E-state index contributed by atoms with van der Waals surface area (Å²) in [6, 6.07) is 15.7. The Labute approximate surface area is 197 Å². The molecule has 0 aliphatic carbocycles. The maximum absolute atomic E-state index is 13.5. The summed E-state index contributed by atoms with van der Waals surface area (Å²) in [5.41, 5.74) is 3.07. The van der Waals surface area contributed by atoms with Crippen molar-refractivity contribution < 1.29 is 14.0 Å². The molecule has 8 heteroatoms. The van der Waals surface area contributed by atoms with E-state index in [0.717, 1.165) is 18.5 Å². The molecule has 7 nitrogen and oxygen atoms in total. The third-order valence-electron chi connectivity index (χ3n) is 6.65. The molecule has 0 spiro atoms. The molecule has 0 bridgehead atoms. The number of piperidine rings is 1. The Hall–Kier alpha value is -3.65. The van der Waals surface area contributed by atoms with E-state index in [1.807, 2.05) is 12.1 Å². The van der Waals surface area contributed by atoms with Gasteiger partial charge in [-0.25, -0.2) is 4.39 Å². The van der Waals surface area contributed by atoms with Crippen molar-refractivity contribution in [3.8, 4) is 0 Å². The van der Waals surface area contributed by atoms with Crippen LogP contribution in [0.1, 0.15) is 34.7 Å². The fourth-order valence-corrected chi connectivity index (χ4v) is 4.58. The molecule has 2 amide bonds. The van der Waals surface area contributed by atoms with Crippen LogP contribution in [-0.4, -0.2) is 53.1 Å². The zero-order valence-corrected chi connectivity index (χ0v) is 18.7. The van der Waals surface area contributed by atoms with Gasteiger partial charge in [-0.15, -0.1) is 0 Å². The number of amides is 2. The molecule has 2 aliphatic heterocycles. The first-order valence-electron chi connectivity index (χ1n) is 11.6. The number of rotatable bonds is 5. The van der Waals surface area contributed by atoms with Gasteiger partial charge in [-0.05, 0) is 60.7 Å². The minimum atomic E-state index is -0.399. The summed E-state index contributed by atoms with van der Waals surface area (Å²) >= 11 is 0. The van der Waals surface area contributed by atoms with Crippen LogP contribution in [-0.2, 0) is 4.79 Å². The highest BCUT2D eigenvalue weighted by Crippen LogP contribution is 2.32. The first kappa shape index (κ1) is 22.2. The Morgan fingerprint density at radius 3 is 2.35 bits per heavy atom. The lowest BCUT2D eigenvalue weighted by molar-refractivity contribution is -0.123. The highest BCUT2D eigenvalue weighted by atomic mass is 19.1. The first-order valence-corrected chi connectivity index (χ1v) is 11.6. The van der Waals surface area contributed by atoms with Gasteiger partial charge in [-0.2, -0.15) is 10.2 Å². The molecule has 3 aromatic rings. The largest absolute Gasteiger partial charge is 0.339 e. The quantitative estimate of drug-likeness (QED) is 0.632. The molecule has 1 N–H and O–H groups in total. The number of hydrogen-bond acceptors (Lipinski definition) is 5. The fourth-order valence-electron chi connectivity index (χ4n) is 4.58. The summed E-state index contributed by atoms with van der Waals surface area (Å²) < 4.78 is 13.5. The third kappa shape index (κ3) is 4.54. The van der Waals surface area contributed by atoms with Crippen LogP contribution in [0.2, 0.25) is 0 Å².